The molecule has 0 saturated heterocycles. The molecule has 3 aromatic rings. The number of hydrazone groups is 1. The molecular formula is C20H20N4O3. The number of aromatic nitrogens is 2. The van der Waals surface area contributed by atoms with Crippen LogP contribution in [0.1, 0.15) is 22.8 Å². The van der Waals surface area contributed by atoms with Gasteiger partial charge in [0.05, 0.1) is 26.3 Å². The lowest BCUT2D eigenvalue weighted by molar-refractivity contribution is 0.0954. The zero-order valence-corrected chi connectivity index (χ0v) is 15.3. The van der Waals surface area contributed by atoms with Crippen LogP contribution < -0.4 is 14.9 Å². The summed E-state index contributed by atoms with van der Waals surface area (Å²) in [7, 11) is 3.07. The molecule has 0 aliphatic heterocycles. The lowest BCUT2D eigenvalue weighted by atomic mass is 10.1. The molecule has 7 heteroatoms. The van der Waals surface area contributed by atoms with E-state index in [-0.39, 0.29) is 5.91 Å². The van der Waals surface area contributed by atoms with E-state index < -0.39 is 0 Å². The van der Waals surface area contributed by atoms with Gasteiger partial charge in [-0.1, -0.05) is 12.1 Å². The number of benzene rings is 2. The lowest BCUT2D eigenvalue weighted by Crippen LogP contribution is -2.19. The van der Waals surface area contributed by atoms with Gasteiger partial charge < -0.3 is 14.0 Å². The Labute approximate surface area is 157 Å². The molecule has 0 saturated carbocycles. The van der Waals surface area contributed by atoms with E-state index >= 15 is 0 Å². The number of hydrogen-bond donors (Lipinski definition) is 1. The molecule has 1 aromatic heterocycles. The molecule has 0 aliphatic rings. The third-order valence-electron chi connectivity index (χ3n) is 4.06. The van der Waals surface area contributed by atoms with E-state index in [0.717, 1.165) is 11.3 Å². The highest BCUT2D eigenvalue weighted by Crippen LogP contribution is 2.27. The van der Waals surface area contributed by atoms with Crippen LogP contribution in [-0.2, 0) is 0 Å². The number of ether oxygens (including phenoxy) is 2. The Hall–Kier alpha value is -3.61. The standard InChI is InChI=1S/C20H20N4O3/c1-14(15-4-7-17(8-5-15)24-11-10-21-13-24)22-23-20(25)16-6-9-18(26-2)19(12-16)27-3/h4-13H,1-3H3,(H,23,25)/b22-14+. The second-order valence-corrected chi connectivity index (χ2v) is 5.72. The highest BCUT2D eigenvalue weighted by molar-refractivity contribution is 6.01. The van der Waals surface area contributed by atoms with Gasteiger partial charge in [-0.25, -0.2) is 10.4 Å². The smallest absolute Gasteiger partial charge is 0.271 e. The molecule has 27 heavy (non-hydrogen) atoms. The summed E-state index contributed by atoms with van der Waals surface area (Å²) in [5.74, 6) is 0.720. The molecule has 0 aliphatic carbocycles. The van der Waals surface area contributed by atoms with Gasteiger partial charge in [0, 0.05) is 23.6 Å². The summed E-state index contributed by atoms with van der Waals surface area (Å²) in [5.41, 5.74) is 5.60. The third kappa shape index (κ3) is 4.14. The fourth-order valence-electron chi connectivity index (χ4n) is 2.53. The first kappa shape index (κ1) is 18.2. The fourth-order valence-corrected chi connectivity index (χ4v) is 2.53. The largest absolute Gasteiger partial charge is 0.493 e. The van der Waals surface area contributed by atoms with Crippen LogP contribution in [0.4, 0.5) is 0 Å². The minimum Gasteiger partial charge on any atom is -0.493 e. The van der Waals surface area contributed by atoms with Crippen LogP contribution in [0.2, 0.25) is 0 Å². The second-order valence-electron chi connectivity index (χ2n) is 5.72. The van der Waals surface area contributed by atoms with Crippen LogP contribution in [0, 0.1) is 0 Å². The summed E-state index contributed by atoms with van der Waals surface area (Å²) in [4.78, 5) is 16.4. The van der Waals surface area contributed by atoms with Crippen molar-refractivity contribution in [3.63, 3.8) is 0 Å². The minimum absolute atomic E-state index is 0.328. The number of amides is 1. The predicted molar refractivity (Wildman–Crippen MR) is 103 cm³/mol. The number of nitrogens with one attached hydrogen (secondary N) is 1. The number of carbonyl (C=O) groups excluding carboxylic acids is 1. The van der Waals surface area contributed by atoms with E-state index in [1.165, 1.54) is 7.11 Å². The van der Waals surface area contributed by atoms with E-state index in [2.05, 4.69) is 15.5 Å². The molecule has 7 nitrogen and oxygen atoms in total. The quantitative estimate of drug-likeness (QED) is 0.539. The van der Waals surface area contributed by atoms with Crippen molar-refractivity contribution in [3.05, 3.63) is 72.3 Å². The minimum atomic E-state index is -0.328. The monoisotopic (exact) mass is 364 g/mol. The Morgan fingerprint density at radius 3 is 2.37 bits per heavy atom. The van der Waals surface area contributed by atoms with Gasteiger partial charge >= 0.3 is 0 Å². The van der Waals surface area contributed by atoms with Crippen molar-refractivity contribution in [2.75, 3.05) is 14.2 Å². The van der Waals surface area contributed by atoms with E-state index in [1.54, 1.807) is 37.8 Å². The molecule has 1 heterocycles. The molecular weight excluding hydrogens is 344 g/mol. The maximum absolute atomic E-state index is 12.3. The molecule has 1 N–H and O–H groups in total. The molecule has 0 atom stereocenters. The SMILES string of the molecule is COc1ccc(C(=O)N/N=C(\C)c2ccc(-n3ccnc3)cc2)cc1OC. The fraction of sp³-hybridized carbons (Fsp3) is 0.150. The van der Waals surface area contributed by atoms with Crippen LogP contribution >= 0.6 is 0 Å². The van der Waals surface area contributed by atoms with Gasteiger partial charge in [-0.15, -0.1) is 0 Å². The van der Waals surface area contributed by atoms with Gasteiger partial charge in [0.1, 0.15) is 0 Å². The molecule has 138 valence electrons. The zero-order chi connectivity index (χ0) is 19.2. The zero-order valence-electron chi connectivity index (χ0n) is 15.3. The maximum atomic E-state index is 12.3. The van der Waals surface area contributed by atoms with Gasteiger partial charge in [0.25, 0.3) is 5.91 Å². The van der Waals surface area contributed by atoms with Crippen molar-refractivity contribution < 1.29 is 14.3 Å². The molecule has 0 bridgehead atoms. The Bertz CT molecular complexity index is 948. The van der Waals surface area contributed by atoms with Gasteiger partial charge in [0.15, 0.2) is 11.5 Å². The topological polar surface area (TPSA) is 77.7 Å². The summed E-state index contributed by atoms with van der Waals surface area (Å²) >= 11 is 0. The van der Waals surface area contributed by atoms with Crippen LogP contribution in [0.15, 0.2) is 66.3 Å². The molecule has 0 unspecified atom stereocenters. The number of methoxy groups -OCH3 is 2. The van der Waals surface area contributed by atoms with Gasteiger partial charge in [0.2, 0.25) is 0 Å². The molecule has 3 rings (SSSR count). The third-order valence-corrected chi connectivity index (χ3v) is 4.06. The van der Waals surface area contributed by atoms with Crippen molar-refractivity contribution in [2.24, 2.45) is 5.10 Å². The molecule has 0 radical (unpaired) electrons. The number of rotatable bonds is 6. The summed E-state index contributed by atoms with van der Waals surface area (Å²) in [6.07, 6.45) is 5.34. The highest BCUT2D eigenvalue weighted by Gasteiger charge is 2.10. The summed E-state index contributed by atoms with van der Waals surface area (Å²) in [6, 6.07) is 12.8. The van der Waals surface area contributed by atoms with E-state index in [4.69, 9.17) is 9.47 Å². The average molecular weight is 364 g/mol. The number of hydrogen-bond acceptors (Lipinski definition) is 5. The molecule has 0 spiro atoms. The van der Waals surface area contributed by atoms with Gasteiger partial charge in [-0.2, -0.15) is 5.10 Å². The Kier molecular flexibility index (Phi) is 5.51. The summed E-state index contributed by atoms with van der Waals surface area (Å²) in [5, 5.41) is 4.19. The first-order chi connectivity index (χ1) is 13.1. The van der Waals surface area contributed by atoms with Crippen LogP contribution in [0.5, 0.6) is 11.5 Å². The number of nitrogens with zero attached hydrogens (tertiary/aromatic N) is 3. The predicted octanol–water partition coefficient (Wildman–Crippen LogP) is 3.04. The van der Waals surface area contributed by atoms with Crippen LogP contribution in [0.25, 0.3) is 5.69 Å². The highest BCUT2D eigenvalue weighted by atomic mass is 16.5. The van der Waals surface area contributed by atoms with Crippen LogP contribution in [-0.4, -0.2) is 35.4 Å². The average Bonchev–Trinajstić information content (AvgIpc) is 3.26. The van der Waals surface area contributed by atoms with Gasteiger partial charge in [-0.3, -0.25) is 4.79 Å². The Morgan fingerprint density at radius 2 is 1.74 bits per heavy atom. The molecule has 1 amide bonds. The normalized spacial score (nSPS) is 11.1. The maximum Gasteiger partial charge on any atom is 0.271 e. The van der Waals surface area contributed by atoms with Crippen molar-refractivity contribution in [1.29, 1.82) is 0 Å². The van der Waals surface area contributed by atoms with E-state index in [1.807, 2.05) is 42.0 Å². The van der Waals surface area contributed by atoms with Crippen molar-refractivity contribution in [1.82, 2.24) is 15.0 Å². The van der Waals surface area contributed by atoms with Crippen LogP contribution in [0.3, 0.4) is 0 Å². The van der Waals surface area contributed by atoms with Crippen molar-refractivity contribution in [2.45, 2.75) is 6.92 Å². The van der Waals surface area contributed by atoms with Gasteiger partial charge in [-0.05, 0) is 42.8 Å². The Morgan fingerprint density at radius 1 is 1.04 bits per heavy atom. The number of carbonyl (C=O) groups is 1. The first-order valence-electron chi connectivity index (χ1n) is 8.28. The van der Waals surface area contributed by atoms with Crippen molar-refractivity contribution in [3.8, 4) is 17.2 Å². The Balaban J connectivity index is 1.70. The summed E-state index contributed by atoms with van der Waals surface area (Å²) in [6.45, 7) is 1.83. The molecule has 0 fully saturated rings. The number of imidazole rings is 1. The second kappa shape index (κ2) is 8.18. The van der Waals surface area contributed by atoms with Crippen molar-refractivity contribution >= 4 is 11.6 Å². The molecule has 2 aromatic carbocycles. The lowest BCUT2D eigenvalue weighted by Gasteiger charge is -2.09. The van der Waals surface area contributed by atoms with E-state index in [0.29, 0.717) is 22.8 Å². The van der Waals surface area contributed by atoms with E-state index in [9.17, 15) is 4.79 Å². The summed E-state index contributed by atoms with van der Waals surface area (Å²) < 4.78 is 12.3. The first-order valence-corrected chi connectivity index (χ1v) is 8.28.